The summed E-state index contributed by atoms with van der Waals surface area (Å²) in [5.41, 5.74) is 0. The fraction of sp³-hybridized carbons (Fsp3) is 0.917. The molecule has 2 rings (SSSR count). The Kier molecular flexibility index (Phi) is 3.82. The summed E-state index contributed by atoms with van der Waals surface area (Å²) in [6, 6.07) is 0.384. The van der Waals surface area contributed by atoms with E-state index in [2.05, 4.69) is 5.32 Å². The van der Waals surface area contributed by atoms with Gasteiger partial charge in [-0.2, -0.15) is 0 Å². The van der Waals surface area contributed by atoms with Crippen molar-refractivity contribution in [2.45, 2.75) is 44.8 Å². The summed E-state index contributed by atoms with van der Waals surface area (Å²) in [6.07, 6.45) is 3.44. The molecule has 2 saturated heterocycles. The van der Waals surface area contributed by atoms with Crippen molar-refractivity contribution in [3.05, 3.63) is 0 Å². The quantitative estimate of drug-likeness (QED) is 0.715. The molecule has 0 spiro atoms. The minimum Gasteiger partial charge on any atom is -0.393 e. The van der Waals surface area contributed by atoms with Crippen LogP contribution < -0.4 is 5.32 Å². The van der Waals surface area contributed by atoms with Gasteiger partial charge in [0.25, 0.3) is 0 Å². The minimum absolute atomic E-state index is 0.217. The Balaban J connectivity index is 1.80. The van der Waals surface area contributed by atoms with Crippen molar-refractivity contribution >= 4 is 5.91 Å². The van der Waals surface area contributed by atoms with Gasteiger partial charge in [0.05, 0.1) is 6.10 Å². The third-order valence-electron chi connectivity index (χ3n) is 3.80. The molecule has 0 saturated carbocycles. The summed E-state index contributed by atoms with van der Waals surface area (Å²) >= 11 is 0. The van der Waals surface area contributed by atoms with Crippen LogP contribution >= 0.6 is 0 Å². The average molecular weight is 226 g/mol. The van der Waals surface area contributed by atoms with Gasteiger partial charge in [0.15, 0.2) is 0 Å². The molecule has 2 heterocycles. The summed E-state index contributed by atoms with van der Waals surface area (Å²) in [6.45, 7) is 4.49. The van der Waals surface area contributed by atoms with Crippen molar-refractivity contribution in [3.8, 4) is 0 Å². The zero-order valence-corrected chi connectivity index (χ0v) is 9.98. The Morgan fingerprint density at radius 3 is 2.94 bits per heavy atom. The number of rotatable bonds is 2. The number of hydrogen-bond acceptors (Lipinski definition) is 3. The lowest BCUT2D eigenvalue weighted by molar-refractivity contribution is -0.135. The van der Waals surface area contributed by atoms with E-state index < -0.39 is 0 Å². The second-order valence-electron chi connectivity index (χ2n) is 5.17. The van der Waals surface area contributed by atoms with Crippen LogP contribution in [-0.4, -0.2) is 47.7 Å². The molecule has 0 aromatic carbocycles. The highest BCUT2D eigenvalue weighted by molar-refractivity contribution is 5.77. The van der Waals surface area contributed by atoms with Crippen molar-refractivity contribution in [1.82, 2.24) is 10.2 Å². The van der Waals surface area contributed by atoms with Crippen LogP contribution in [-0.2, 0) is 4.79 Å². The van der Waals surface area contributed by atoms with Crippen LogP contribution in [0.5, 0.6) is 0 Å². The average Bonchev–Trinajstić information content (AvgIpc) is 2.74. The number of aliphatic hydroxyl groups is 1. The van der Waals surface area contributed by atoms with Gasteiger partial charge in [-0.1, -0.05) is 6.92 Å². The van der Waals surface area contributed by atoms with Crippen molar-refractivity contribution < 1.29 is 9.90 Å². The highest BCUT2D eigenvalue weighted by atomic mass is 16.3. The maximum Gasteiger partial charge on any atom is 0.224 e. The molecule has 4 heteroatoms. The van der Waals surface area contributed by atoms with E-state index in [0.29, 0.717) is 19.0 Å². The van der Waals surface area contributed by atoms with Gasteiger partial charge in [0, 0.05) is 25.6 Å². The molecule has 92 valence electrons. The third kappa shape index (κ3) is 2.74. The Labute approximate surface area is 97.0 Å². The third-order valence-corrected chi connectivity index (χ3v) is 3.80. The first-order valence-corrected chi connectivity index (χ1v) is 6.36. The predicted molar refractivity (Wildman–Crippen MR) is 62.0 cm³/mol. The van der Waals surface area contributed by atoms with Gasteiger partial charge >= 0.3 is 0 Å². The maximum absolute atomic E-state index is 12.0. The highest BCUT2D eigenvalue weighted by Gasteiger charge is 2.28. The largest absolute Gasteiger partial charge is 0.393 e. The van der Waals surface area contributed by atoms with E-state index in [1.165, 1.54) is 6.42 Å². The molecule has 2 N–H and O–H groups in total. The predicted octanol–water partition coefficient (Wildman–Crippen LogP) is 0.358. The molecule has 3 unspecified atom stereocenters. The molecule has 3 atom stereocenters. The van der Waals surface area contributed by atoms with E-state index in [9.17, 15) is 9.90 Å². The van der Waals surface area contributed by atoms with Crippen molar-refractivity contribution in [2.75, 3.05) is 19.6 Å². The van der Waals surface area contributed by atoms with E-state index in [1.54, 1.807) is 0 Å². The van der Waals surface area contributed by atoms with Crippen LogP contribution in [0.1, 0.15) is 32.6 Å². The van der Waals surface area contributed by atoms with Crippen LogP contribution in [0.4, 0.5) is 0 Å². The Morgan fingerprint density at radius 2 is 2.31 bits per heavy atom. The van der Waals surface area contributed by atoms with Gasteiger partial charge in [0.2, 0.25) is 5.91 Å². The Bertz CT molecular complexity index is 251. The van der Waals surface area contributed by atoms with E-state index in [1.807, 2.05) is 11.8 Å². The number of hydrogen-bond donors (Lipinski definition) is 2. The maximum atomic E-state index is 12.0. The van der Waals surface area contributed by atoms with E-state index in [0.717, 1.165) is 25.9 Å². The molecule has 0 aromatic heterocycles. The molecule has 2 aliphatic heterocycles. The second-order valence-corrected chi connectivity index (χ2v) is 5.17. The number of carbonyl (C=O) groups excluding carboxylic acids is 1. The van der Waals surface area contributed by atoms with Crippen LogP contribution in [0.25, 0.3) is 0 Å². The van der Waals surface area contributed by atoms with Crippen LogP contribution in [0.15, 0.2) is 0 Å². The van der Waals surface area contributed by atoms with E-state index in [4.69, 9.17) is 0 Å². The van der Waals surface area contributed by atoms with Gasteiger partial charge in [-0.15, -0.1) is 0 Å². The highest BCUT2D eigenvalue weighted by Crippen LogP contribution is 2.18. The Hall–Kier alpha value is -0.610. The molecule has 0 radical (unpaired) electrons. The number of nitrogens with one attached hydrogen (secondary N) is 1. The number of carbonyl (C=O) groups is 1. The van der Waals surface area contributed by atoms with Gasteiger partial charge < -0.3 is 15.3 Å². The van der Waals surface area contributed by atoms with Gasteiger partial charge in [0.1, 0.15) is 0 Å². The summed E-state index contributed by atoms with van der Waals surface area (Å²) in [5.74, 6) is 0.465. The lowest BCUT2D eigenvalue weighted by Gasteiger charge is -2.35. The standard InChI is InChI=1S/C12H22N2O2/c1-9-8-14(6-4-11(9)15)12(16)7-10-3-2-5-13-10/h9-11,13,15H,2-8H2,1H3. The first kappa shape index (κ1) is 11.9. The summed E-state index contributed by atoms with van der Waals surface area (Å²) in [5, 5.41) is 13.0. The summed E-state index contributed by atoms with van der Waals surface area (Å²) in [4.78, 5) is 13.9. The van der Waals surface area contributed by atoms with Crippen molar-refractivity contribution in [3.63, 3.8) is 0 Å². The van der Waals surface area contributed by atoms with Crippen molar-refractivity contribution in [1.29, 1.82) is 0 Å². The molecule has 1 amide bonds. The van der Waals surface area contributed by atoms with Gasteiger partial charge in [-0.3, -0.25) is 4.79 Å². The van der Waals surface area contributed by atoms with Crippen LogP contribution in [0, 0.1) is 5.92 Å². The zero-order chi connectivity index (χ0) is 11.5. The van der Waals surface area contributed by atoms with E-state index >= 15 is 0 Å². The molecular weight excluding hydrogens is 204 g/mol. The molecule has 0 aromatic rings. The zero-order valence-electron chi connectivity index (χ0n) is 9.98. The topological polar surface area (TPSA) is 52.6 Å². The minimum atomic E-state index is -0.228. The van der Waals surface area contributed by atoms with Crippen LogP contribution in [0.3, 0.4) is 0 Å². The lowest BCUT2D eigenvalue weighted by atomic mass is 9.96. The van der Waals surface area contributed by atoms with Gasteiger partial charge in [-0.25, -0.2) is 0 Å². The molecule has 16 heavy (non-hydrogen) atoms. The molecule has 2 fully saturated rings. The monoisotopic (exact) mass is 226 g/mol. The van der Waals surface area contributed by atoms with Gasteiger partial charge in [-0.05, 0) is 31.7 Å². The smallest absolute Gasteiger partial charge is 0.224 e. The lowest BCUT2D eigenvalue weighted by Crippen LogP contribution is -2.46. The fourth-order valence-corrected chi connectivity index (χ4v) is 2.63. The summed E-state index contributed by atoms with van der Waals surface area (Å²) in [7, 11) is 0. The fourth-order valence-electron chi connectivity index (χ4n) is 2.63. The molecular formula is C12H22N2O2. The number of amides is 1. The molecule has 0 aliphatic carbocycles. The molecule has 4 nitrogen and oxygen atoms in total. The normalized spacial score (nSPS) is 35.4. The first-order valence-electron chi connectivity index (χ1n) is 6.36. The van der Waals surface area contributed by atoms with Crippen LogP contribution in [0.2, 0.25) is 0 Å². The molecule has 0 bridgehead atoms. The Morgan fingerprint density at radius 1 is 1.50 bits per heavy atom. The number of piperidine rings is 1. The number of aliphatic hydroxyl groups excluding tert-OH is 1. The SMILES string of the molecule is CC1CN(C(=O)CC2CCCN2)CCC1O. The van der Waals surface area contributed by atoms with E-state index in [-0.39, 0.29) is 17.9 Å². The number of likely N-dealkylation sites (tertiary alicyclic amines) is 1. The summed E-state index contributed by atoms with van der Waals surface area (Å²) < 4.78 is 0. The molecule has 2 aliphatic rings. The number of nitrogens with zero attached hydrogens (tertiary/aromatic N) is 1. The first-order chi connectivity index (χ1) is 7.66. The second kappa shape index (κ2) is 5.15. The van der Waals surface area contributed by atoms with Crippen molar-refractivity contribution in [2.24, 2.45) is 5.92 Å².